The second kappa shape index (κ2) is 11.4. The maximum atomic E-state index is 13.8. The van der Waals surface area contributed by atoms with Gasteiger partial charge in [0.1, 0.15) is 5.66 Å². The van der Waals surface area contributed by atoms with Crippen LogP contribution in [0, 0.1) is 16.7 Å². The maximum absolute atomic E-state index is 13.8. The molecular formula is C26H26ClN2O5PS. The molecule has 1 heterocycles. The zero-order valence-electron chi connectivity index (χ0n) is 20.3. The van der Waals surface area contributed by atoms with E-state index in [1.165, 1.54) is 24.2 Å². The molecule has 0 spiro atoms. The monoisotopic (exact) mass is 544 g/mol. The summed E-state index contributed by atoms with van der Waals surface area (Å²) < 4.78 is 25.3. The van der Waals surface area contributed by atoms with Gasteiger partial charge in [0.2, 0.25) is 13.3 Å². The van der Waals surface area contributed by atoms with Crippen LogP contribution >= 0.6 is 30.3 Å². The summed E-state index contributed by atoms with van der Waals surface area (Å²) in [5.41, 5.74) is -0.245. The summed E-state index contributed by atoms with van der Waals surface area (Å²) in [5.74, 6) is -1.07. The highest BCUT2D eigenvalue weighted by Crippen LogP contribution is 2.59. The van der Waals surface area contributed by atoms with Gasteiger partial charge in [-0.2, -0.15) is 5.26 Å². The topological polar surface area (TPSA) is 105 Å². The minimum Gasteiger partial charge on any atom is -0.438 e. The van der Waals surface area contributed by atoms with E-state index >= 15 is 0 Å². The summed E-state index contributed by atoms with van der Waals surface area (Å²) in [5, 5.41) is 14.7. The molecule has 188 valence electrons. The van der Waals surface area contributed by atoms with Crippen LogP contribution in [-0.2, 0) is 23.4 Å². The lowest BCUT2D eigenvalue weighted by atomic mass is 9.98. The molecule has 0 saturated carbocycles. The first-order valence-electron chi connectivity index (χ1n) is 10.9. The first-order chi connectivity index (χ1) is 16.9. The number of ether oxygens (including phenoxy) is 1. The van der Waals surface area contributed by atoms with Gasteiger partial charge in [0.25, 0.3) is 0 Å². The average molecular weight is 545 g/mol. The average Bonchev–Trinajstić information content (AvgIpc) is 3.20. The molecule has 2 unspecified atom stereocenters. The molecule has 7 nitrogen and oxygen atoms in total. The van der Waals surface area contributed by atoms with E-state index in [4.69, 9.17) is 26.1 Å². The quantitative estimate of drug-likeness (QED) is 0.191. The Labute approximate surface area is 219 Å². The van der Waals surface area contributed by atoms with Gasteiger partial charge in [-0.25, -0.2) is 0 Å². The zero-order chi connectivity index (χ0) is 26.5. The molecule has 0 aliphatic heterocycles. The fraction of sp³-hybridized carbons (Fsp3) is 0.269. The fourth-order valence-electron chi connectivity index (χ4n) is 3.33. The molecule has 1 amide bonds. The molecule has 1 N–H and O–H groups in total. The Morgan fingerprint density at radius 1 is 1.25 bits per heavy atom. The number of benzene rings is 2. The van der Waals surface area contributed by atoms with Crippen LogP contribution < -0.4 is 5.32 Å². The van der Waals surface area contributed by atoms with Crippen molar-refractivity contribution in [1.82, 2.24) is 5.32 Å². The second-order valence-corrected chi connectivity index (χ2v) is 13.1. The zero-order valence-corrected chi connectivity index (χ0v) is 22.7. The molecule has 0 fully saturated rings. The highest BCUT2D eigenvalue weighted by atomic mass is 35.5. The summed E-state index contributed by atoms with van der Waals surface area (Å²) >= 11 is 7.59. The number of carbonyl (C=O) groups is 2. The third kappa shape index (κ3) is 6.83. The van der Waals surface area contributed by atoms with Crippen molar-refractivity contribution in [3.8, 4) is 6.07 Å². The number of esters is 1. The fourth-order valence-corrected chi connectivity index (χ4v) is 6.20. The van der Waals surface area contributed by atoms with E-state index in [1.54, 1.807) is 68.6 Å². The number of hydrogen-bond donors (Lipinski definition) is 1. The van der Waals surface area contributed by atoms with Crippen LogP contribution in [0.3, 0.4) is 0 Å². The lowest BCUT2D eigenvalue weighted by Crippen LogP contribution is -2.27. The number of thiophene rings is 1. The van der Waals surface area contributed by atoms with Crippen LogP contribution in [0.1, 0.15) is 43.1 Å². The first kappa shape index (κ1) is 27.6. The van der Waals surface area contributed by atoms with E-state index in [1.807, 2.05) is 6.07 Å². The molecule has 36 heavy (non-hydrogen) atoms. The molecule has 0 aliphatic carbocycles. The van der Waals surface area contributed by atoms with Gasteiger partial charge in [-0.3, -0.25) is 18.7 Å². The predicted molar refractivity (Wildman–Crippen MR) is 143 cm³/mol. The maximum Gasteiger partial charge on any atom is 0.313 e. The number of amides is 1. The predicted octanol–water partition coefficient (Wildman–Crippen LogP) is 6.73. The Hall–Kier alpha value is -2.95. The van der Waals surface area contributed by atoms with Crippen molar-refractivity contribution in [1.29, 1.82) is 5.26 Å². The van der Waals surface area contributed by atoms with E-state index in [0.29, 0.717) is 27.1 Å². The smallest absolute Gasteiger partial charge is 0.313 e. The van der Waals surface area contributed by atoms with Crippen molar-refractivity contribution in [2.45, 2.75) is 26.4 Å². The number of halogens is 1. The van der Waals surface area contributed by atoms with Crippen LogP contribution in [0.25, 0.3) is 16.2 Å². The lowest BCUT2D eigenvalue weighted by Gasteiger charge is -2.24. The van der Waals surface area contributed by atoms with Crippen molar-refractivity contribution in [2.24, 2.45) is 5.41 Å². The lowest BCUT2D eigenvalue weighted by molar-refractivity contribution is -0.159. The molecular weight excluding hydrogens is 519 g/mol. The van der Waals surface area contributed by atoms with E-state index in [-0.39, 0.29) is 0 Å². The van der Waals surface area contributed by atoms with Gasteiger partial charge >= 0.3 is 5.97 Å². The first-order valence-corrected chi connectivity index (χ1v) is 14.3. The number of carbonyl (C=O) groups excluding carboxylic acids is 2. The van der Waals surface area contributed by atoms with Crippen molar-refractivity contribution < 1.29 is 23.4 Å². The minimum absolute atomic E-state index is 0.476. The SMILES string of the molecule is CC(C)(C)C(=O)OCOP(C)(=O)C(C(=O)NC=Cc1cccc(C#N)c1)c1csc2ccc(Cl)cc12. The van der Waals surface area contributed by atoms with Gasteiger partial charge < -0.3 is 10.1 Å². The highest BCUT2D eigenvalue weighted by molar-refractivity contribution is 7.59. The summed E-state index contributed by atoms with van der Waals surface area (Å²) in [4.78, 5) is 25.5. The molecule has 3 aromatic rings. The van der Waals surface area contributed by atoms with Crippen LogP contribution in [0.4, 0.5) is 0 Å². The van der Waals surface area contributed by atoms with E-state index in [0.717, 1.165) is 4.70 Å². The highest BCUT2D eigenvalue weighted by Gasteiger charge is 2.39. The van der Waals surface area contributed by atoms with Crippen molar-refractivity contribution in [2.75, 3.05) is 13.5 Å². The van der Waals surface area contributed by atoms with Crippen molar-refractivity contribution >= 4 is 58.3 Å². The van der Waals surface area contributed by atoms with Gasteiger partial charge in [-0.15, -0.1) is 11.3 Å². The van der Waals surface area contributed by atoms with Gasteiger partial charge in [-0.1, -0.05) is 23.7 Å². The van der Waals surface area contributed by atoms with Crippen LogP contribution in [0.2, 0.25) is 5.02 Å². The second-order valence-electron chi connectivity index (χ2n) is 9.15. The molecule has 0 bridgehead atoms. The molecule has 10 heteroatoms. The minimum atomic E-state index is -3.70. The Morgan fingerprint density at radius 3 is 2.69 bits per heavy atom. The third-order valence-corrected chi connectivity index (χ3v) is 8.49. The number of nitrogens with zero attached hydrogens (tertiary/aromatic N) is 1. The Morgan fingerprint density at radius 2 is 2.00 bits per heavy atom. The molecule has 1 aromatic heterocycles. The van der Waals surface area contributed by atoms with Crippen molar-refractivity contribution in [3.05, 3.63) is 75.8 Å². The van der Waals surface area contributed by atoms with E-state index in [9.17, 15) is 14.2 Å². The Bertz CT molecular complexity index is 1400. The van der Waals surface area contributed by atoms with Crippen LogP contribution in [0.15, 0.2) is 54.0 Å². The third-order valence-electron chi connectivity index (χ3n) is 5.21. The van der Waals surface area contributed by atoms with E-state index in [2.05, 4.69) is 11.4 Å². The number of rotatable bonds is 8. The van der Waals surface area contributed by atoms with Gasteiger partial charge in [0.05, 0.1) is 17.0 Å². The van der Waals surface area contributed by atoms with Gasteiger partial charge in [-0.05, 0) is 79.1 Å². The summed E-state index contributed by atoms with van der Waals surface area (Å²) in [6.07, 6.45) is 3.05. The molecule has 0 saturated heterocycles. The van der Waals surface area contributed by atoms with Gasteiger partial charge in [0, 0.05) is 22.6 Å². The molecule has 2 aromatic carbocycles. The molecule has 0 aliphatic rings. The number of nitrogens with one attached hydrogen (secondary N) is 1. The van der Waals surface area contributed by atoms with Crippen molar-refractivity contribution in [3.63, 3.8) is 0 Å². The normalized spacial score (nSPS) is 14.2. The number of nitriles is 1. The summed E-state index contributed by atoms with van der Waals surface area (Å²) in [6.45, 7) is 5.87. The molecule has 3 rings (SSSR count). The largest absolute Gasteiger partial charge is 0.438 e. The Kier molecular flexibility index (Phi) is 8.76. The van der Waals surface area contributed by atoms with Gasteiger partial charge in [0.15, 0.2) is 6.79 Å². The Balaban J connectivity index is 1.89. The van der Waals surface area contributed by atoms with Crippen LogP contribution in [-0.4, -0.2) is 25.3 Å². The summed E-state index contributed by atoms with van der Waals surface area (Å²) in [6, 6.07) is 14.2. The van der Waals surface area contributed by atoms with Crippen LogP contribution in [0.5, 0.6) is 0 Å². The molecule has 0 radical (unpaired) electrons. The number of fused-ring (bicyclic) bond motifs is 1. The molecule has 2 atom stereocenters. The standard InChI is InChI=1S/C26H26ClN2O5PS/c1-26(2,3)25(31)33-16-34-35(4,32)23(21-15-36-22-9-8-19(27)13-20(21)22)24(30)29-11-10-17-6-5-7-18(12-17)14-28/h5-13,15,23H,16H2,1-4H3,(H,29,30). The summed E-state index contributed by atoms with van der Waals surface area (Å²) in [7, 11) is -3.70. The number of hydrogen-bond acceptors (Lipinski definition) is 7. The van der Waals surface area contributed by atoms with E-state index < -0.39 is 37.1 Å².